The second-order valence-electron chi connectivity index (χ2n) is 11.8. The number of thiophene rings is 1. The van der Waals surface area contributed by atoms with Crippen LogP contribution in [0.4, 0.5) is 4.79 Å². The van der Waals surface area contributed by atoms with Crippen LogP contribution in [0.15, 0.2) is 48.0 Å². The van der Waals surface area contributed by atoms with E-state index in [2.05, 4.69) is 71.1 Å². The molecule has 1 amide bonds. The van der Waals surface area contributed by atoms with Gasteiger partial charge in [-0.1, -0.05) is 25.5 Å². The van der Waals surface area contributed by atoms with Gasteiger partial charge >= 0.3 is 6.09 Å². The van der Waals surface area contributed by atoms with Crippen LogP contribution in [-0.4, -0.2) is 49.9 Å². The molecule has 8 heteroatoms. The molecule has 7 nitrogen and oxygen atoms in total. The summed E-state index contributed by atoms with van der Waals surface area (Å²) in [4.78, 5) is 19.1. The van der Waals surface area contributed by atoms with Crippen molar-refractivity contribution in [3.8, 4) is 17.3 Å². The zero-order valence-electron chi connectivity index (χ0n) is 24.5. The first-order valence-corrected chi connectivity index (χ1v) is 15.4. The van der Waals surface area contributed by atoms with Crippen molar-refractivity contribution in [2.45, 2.75) is 84.5 Å². The number of ether oxygens (including phenoxy) is 2. The highest BCUT2D eigenvalue weighted by atomic mass is 32.1. The van der Waals surface area contributed by atoms with Crippen LogP contribution >= 0.6 is 11.3 Å². The van der Waals surface area contributed by atoms with Gasteiger partial charge in [-0.2, -0.15) is 0 Å². The van der Waals surface area contributed by atoms with E-state index in [0.29, 0.717) is 13.1 Å². The molecule has 3 aromatic heterocycles. The number of hydrogen-bond acceptors (Lipinski definition) is 5. The van der Waals surface area contributed by atoms with Gasteiger partial charge in [-0.05, 0) is 75.2 Å². The van der Waals surface area contributed by atoms with Crippen LogP contribution in [0.1, 0.15) is 64.6 Å². The van der Waals surface area contributed by atoms with Gasteiger partial charge in [-0.15, -0.1) is 11.3 Å². The summed E-state index contributed by atoms with van der Waals surface area (Å²) in [6.45, 7) is 10.2. The predicted octanol–water partition coefficient (Wildman–Crippen LogP) is 7.47. The van der Waals surface area contributed by atoms with Crippen molar-refractivity contribution in [1.29, 1.82) is 0 Å². The van der Waals surface area contributed by atoms with E-state index in [1.807, 2.05) is 20.8 Å². The Bertz CT molecular complexity index is 1420. The molecule has 1 saturated heterocycles. The van der Waals surface area contributed by atoms with Gasteiger partial charge in [0.2, 0.25) is 0 Å². The minimum absolute atomic E-state index is 0.120. The van der Waals surface area contributed by atoms with Crippen molar-refractivity contribution < 1.29 is 14.3 Å². The molecule has 0 radical (unpaired) electrons. The number of hydrogen-bond donors (Lipinski definition) is 0. The standard InChI is InChI=1S/C32H42N4O3S/c1-6-8-24-22-36(30(33-24)28-21-29-27(34(28)5)16-20-40-29)17-7-9-23-10-12-25(13-11-23)38-26-14-18-35(19-15-26)31(37)39-32(2,3)4/h10-13,16,20-22,26H,6-9,14-15,17-19H2,1-5H3. The number of carbonyl (C=O) groups excluding carboxylic acids is 1. The van der Waals surface area contributed by atoms with E-state index in [0.717, 1.165) is 56.6 Å². The van der Waals surface area contributed by atoms with Crippen LogP contribution < -0.4 is 4.74 Å². The van der Waals surface area contributed by atoms with Crippen molar-refractivity contribution in [3.63, 3.8) is 0 Å². The molecule has 0 N–H and O–H groups in total. The van der Waals surface area contributed by atoms with Gasteiger partial charge in [0.15, 0.2) is 5.82 Å². The lowest BCUT2D eigenvalue weighted by molar-refractivity contribution is 0.0126. The molecule has 4 aromatic rings. The Hall–Kier alpha value is -3.26. The lowest BCUT2D eigenvalue weighted by Gasteiger charge is -2.33. The van der Waals surface area contributed by atoms with Crippen LogP contribution in [0, 0.1) is 0 Å². The average Bonchev–Trinajstić information content (AvgIpc) is 3.61. The quantitative estimate of drug-likeness (QED) is 0.212. The number of fused-ring (bicyclic) bond motifs is 1. The van der Waals surface area contributed by atoms with E-state index in [9.17, 15) is 4.79 Å². The number of carbonyl (C=O) groups is 1. The molecule has 0 unspecified atom stereocenters. The largest absolute Gasteiger partial charge is 0.490 e. The van der Waals surface area contributed by atoms with E-state index in [1.54, 1.807) is 16.2 Å². The molecule has 1 aliphatic rings. The molecular weight excluding hydrogens is 520 g/mol. The van der Waals surface area contributed by atoms with Crippen molar-refractivity contribution >= 4 is 27.6 Å². The SMILES string of the molecule is CCCc1cn(CCCc2ccc(OC3CCN(C(=O)OC(C)(C)C)CC3)cc2)c(-c2cc3sccc3n2C)n1. The first-order chi connectivity index (χ1) is 19.2. The Kier molecular flexibility index (Phi) is 8.54. The van der Waals surface area contributed by atoms with Crippen molar-refractivity contribution in [2.75, 3.05) is 13.1 Å². The van der Waals surface area contributed by atoms with E-state index in [1.165, 1.54) is 27.2 Å². The third-order valence-electron chi connectivity index (χ3n) is 7.41. The fourth-order valence-corrected chi connectivity index (χ4v) is 6.20. The molecule has 0 saturated carbocycles. The summed E-state index contributed by atoms with van der Waals surface area (Å²) in [7, 11) is 2.14. The van der Waals surface area contributed by atoms with E-state index >= 15 is 0 Å². The van der Waals surface area contributed by atoms with Crippen LogP contribution in [-0.2, 0) is 31.2 Å². The van der Waals surface area contributed by atoms with Crippen molar-refractivity contribution in [3.05, 3.63) is 59.2 Å². The first kappa shape index (κ1) is 28.3. The smallest absolute Gasteiger partial charge is 0.410 e. The third-order valence-corrected chi connectivity index (χ3v) is 8.26. The molecule has 1 fully saturated rings. The van der Waals surface area contributed by atoms with E-state index < -0.39 is 5.60 Å². The minimum atomic E-state index is -0.468. The number of benzene rings is 1. The highest BCUT2D eigenvalue weighted by molar-refractivity contribution is 7.17. The maximum atomic E-state index is 12.3. The molecule has 0 aliphatic carbocycles. The summed E-state index contributed by atoms with van der Waals surface area (Å²) in [6, 6.07) is 13.0. The second kappa shape index (κ2) is 12.1. The fraction of sp³-hybridized carbons (Fsp3) is 0.500. The molecule has 5 rings (SSSR count). The van der Waals surface area contributed by atoms with Crippen LogP contribution in [0.5, 0.6) is 5.75 Å². The number of piperidine rings is 1. The molecular formula is C32H42N4O3S. The maximum Gasteiger partial charge on any atom is 0.410 e. The number of rotatable bonds is 9. The molecule has 214 valence electrons. The lowest BCUT2D eigenvalue weighted by Crippen LogP contribution is -2.44. The van der Waals surface area contributed by atoms with Gasteiger partial charge in [0, 0.05) is 45.7 Å². The van der Waals surface area contributed by atoms with Gasteiger partial charge in [0.05, 0.1) is 21.6 Å². The summed E-state index contributed by atoms with van der Waals surface area (Å²) >= 11 is 1.78. The minimum Gasteiger partial charge on any atom is -0.490 e. The topological polar surface area (TPSA) is 61.5 Å². The lowest BCUT2D eigenvalue weighted by atomic mass is 10.1. The van der Waals surface area contributed by atoms with Crippen molar-refractivity contribution in [1.82, 2.24) is 19.0 Å². The Morgan fingerprint density at radius 2 is 1.85 bits per heavy atom. The van der Waals surface area contributed by atoms with Gasteiger partial charge in [0.1, 0.15) is 17.5 Å². The van der Waals surface area contributed by atoms with Crippen LogP contribution in [0.2, 0.25) is 0 Å². The highest BCUT2D eigenvalue weighted by Crippen LogP contribution is 2.31. The summed E-state index contributed by atoms with van der Waals surface area (Å²) in [5, 5.41) is 2.15. The molecule has 4 heterocycles. The predicted molar refractivity (Wildman–Crippen MR) is 162 cm³/mol. The molecule has 0 bridgehead atoms. The number of aromatic nitrogens is 3. The maximum absolute atomic E-state index is 12.3. The number of imidazole rings is 1. The average molecular weight is 563 g/mol. The van der Waals surface area contributed by atoms with E-state index in [-0.39, 0.29) is 12.2 Å². The van der Waals surface area contributed by atoms with Gasteiger partial charge in [0.25, 0.3) is 0 Å². The summed E-state index contributed by atoms with van der Waals surface area (Å²) in [5.74, 6) is 1.96. The van der Waals surface area contributed by atoms with Gasteiger partial charge in [-0.3, -0.25) is 0 Å². The first-order valence-electron chi connectivity index (χ1n) is 14.5. The monoisotopic (exact) mass is 562 g/mol. The second-order valence-corrected chi connectivity index (χ2v) is 12.7. The summed E-state index contributed by atoms with van der Waals surface area (Å²) in [5.41, 5.74) is 4.46. The third kappa shape index (κ3) is 6.72. The van der Waals surface area contributed by atoms with Crippen LogP contribution in [0.25, 0.3) is 21.7 Å². The highest BCUT2D eigenvalue weighted by Gasteiger charge is 2.27. The zero-order valence-corrected chi connectivity index (χ0v) is 25.3. The zero-order chi connectivity index (χ0) is 28.3. The number of nitrogens with zero attached hydrogens (tertiary/aromatic N) is 4. The molecule has 0 spiro atoms. The molecule has 40 heavy (non-hydrogen) atoms. The summed E-state index contributed by atoms with van der Waals surface area (Å²) < 4.78 is 17.6. The Morgan fingerprint density at radius 1 is 1.10 bits per heavy atom. The molecule has 1 aliphatic heterocycles. The van der Waals surface area contributed by atoms with Crippen LogP contribution in [0.3, 0.4) is 0 Å². The van der Waals surface area contributed by atoms with Gasteiger partial charge in [-0.25, -0.2) is 9.78 Å². The number of amides is 1. The Balaban J connectivity index is 1.14. The molecule has 1 aromatic carbocycles. The Morgan fingerprint density at radius 3 is 2.52 bits per heavy atom. The molecule has 0 atom stereocenters. The fourth-order valence-electron chi connectivity index (χ4n) is 5.35. The number of likely N-dealkylation sites (tertiary alicyclic amines) is 1. The summed E-state index contributed by atoms with van der Waals surface area (Å²) in [6.07, 6.45) is 7.88. The van der Waals surface area contributed by atoms with Gasteiger partial charge < -0.3 is 23.5 Å². The normalized spacial score (nSPS) is 14.7. The van der Waals surface area contributed by atoms with E-state index in [4.69, 9.17) is 14.5 Å². The Labute approximate surface area is 241 Å². The van der Waals surface area contributed by atoms with Crippen molar-refractivity contribution in [2.24, 2.45) is 7.05 Å². The number of aryl methyl sites for hydroxylation is 4.